The predicted molar refractivity (Wildman–Crippen MR) is 142 cm³/mol. The third-order valence-corrected chi connectivity index (χ3v) is 7.68. The van der Waals surface area contributed by atoms with Gasteiger partial charge < -0.3 is 19.4 Å². The average Bonchev–Trinajstić information content (AvgIpc) is 3.48. The Morgan fingerprint density at radius 2 is 2.14 bits per heavy atom. The molecule has 0 radical (unpaired) electrons. The molecule has 0 spiro atoms. The van der Waals surface area contributed by atoms with E-state index in [4.69, 9.17) is 16.3 Å². The standard InChI is InChI=1S/C27H19ClFN3O4S/c1-37-15-5-4-13-9-14(25(28)31-19(13)10-15)12-32-20-11-18(29)16-6-8-36-24(16)22(20)21(23(32)27(34)35)17-3-2-7-30-26(17)33/h2-5,7,9-11H,6,8,12H2,1H3,(H,30,33)(H,34,35). The molecule has 6 rings (SSSR count). The first-order valence-corrected chi connectivity index (χ1v) is 13.0. The molecule has 0 amide bonds. The molecule has 4 heterocycles. The van der Waals surface area contributed by atoms with Gasteiger partial charge in [0, 0.05) is 39.6 Å². The Kier molecular flexibility index (Phi) is 5.69. The highest BCUT2D eigenvalue weighted by Gasteiger charge is 2.32. The molecular formula is C27H19ClFN3O4S. The Morgan fingerprint density at radius 1 is 1.30 bits per heavy atom. The van der Waals surface area contributed by atoms with Crippen LogP contribution in [0.1, 0.15) is 21.6 Å². The first kappa shape index (κ1) is 23.6. The van der Waals surface area contributed by atoms with E-state index >= 15 is 4.39 Å². The van der Waals surface area contributed by atoms with Crippen molar-refractivity contribution in [2.24, 2.45) is 0 Å². The maximum absolute atomic E-state index is 15.2. The van der Waals surface area contributed by atoms with Crippen molar-refractivity contribution in [2.45, 2.75) is 17.9 Å². The van der Waals surface area contributed by atoms with E-state index in [-0.39, 0.29) is 40.9 Å². The van der Waals surface area contributed by atoms with Crippen molar-refractivity contribution in [3.63, 3.8) is 0 Å². The molecule has 0 atom stereocenters. The van der Waals surface area contributed by atoms with Crippen LogP contribution in [0.4, 0.5) is 4.39 Å². The zero-order valence-corrected chi connectivity index (χ0v) is 21.0. The van der Waals surface area contributed by atoms with Gasteiger partial charge in [0.25, 0.3) is 5.56 Å². The minimum absolute atomic E-state index is 0.00679. The van der Waals surface area contributed by atoms with Crippen LogP contribution in [0.5, 0.6) is 5.75 Å². The molecule has 186 valence electrons. The lowest BCUT2D eigenvalue weighted by molar-refractivity contribution is 0.0687. The molecule has 1 aliphatic rings. The van der Waals surface area contributed by atoms with Gasteiger partial charge in [0.05, 0.1) is 35.1 Å². The van der Waals surface area contributed by atoms with Crippen LogP contribution in [-0.2, 0) is 13.0 Å². The summed E-state index contributed by atoms with van der Waals surface area (Å²) in [4.78, 5) is 33.7. The zero-order chi connectivity index (χ0) is 25.8. The van der Waals surface area contributed by atoms with Crippen LogP contribution in [0.3, 0.4) is 0 Å². The fourth-order valence-electron chi connectivity index (χ4n) is 4.97. The number of carboxylic acid groups (broad SMARTS) is 1. The van der Waals surface area contributed by atoms with Gasteiger partial charge in [-0.15, -0.1) is 11.8 Å². The average molecular weight is 536 g/mol. The second kappa shape index (κ2) is 8.93. The second-order valence-corrected chi connectivity index (χ2v) is 9.92. The monoisotopic (exact) mass is 535 g/mol. The normalized spacial score (nSPS) is 12.7. The lowest BCUT2D eigenvalue weighted by Gasteiger charge is -2.12. The number of H-pyrrole nitrogens is 1. The molecule has 1 aliphatic heterocycles. The van der Waals surface area contributed by atoms with Gasteiger partial charge in [-0.05, 0) is 42.7 Å². The highest BCUT2D eigenvalue weighted by molar-refractivity contribution is 7.98. The molecule has 0 fully saturated rings. The Labute approximate surface area is 218 Å². The summed E-state index contributed by atoms with van der Waals surface area (Å²) in [7, 11) is 0. The van der Waals surface area contributed by atoms with Crippen molar-refractivity contribution in [3.05, 3.63) is 86.8 Å². The van der Waals surface area contributed by atoms with E-state index in [1.54, 1.807) is 23.9 Å². The number of pyridine rings is 2. The molecule has 7 nitrogen and oxygen atoms in total. The third kappa shape index (κ3) is 3.77. The van der Waals surface area contributed by atoms with E-state index in [2.05, 4.69) is 9.97 Å². The third-order valence-electron chi connectivity index (χ3n) is 6.62. The highest BCUT2D eigenvalue weighted by atomic mass is 35.5. The number of nitrogens with one attached hydrogen (secondary N) is 1. The minimum Gasteiger partial charge on any atom is -0.492 e. The number of nitrogens with zero attached hydrogens (tertiary/aromatic N) is 2. The van der Waals surface area contributed by atoms with Crippen LogP contribution in [-0.4, -0.2) is 38.5 Å². The number of halogens is 2. The van der Waals surface area contributed by atoms with Gasteiger partial charge in [0.15, 0.2) is 0 Å². The molecule has 3 aromatic heterocycles. The number of aromatic nitrogens is 3. The summed E-state index contributed by atoms with van der Waals surface area (Å²) in [6.07, 6.45) is 3.79. The number of carbonyl (C=O) groups is 1. The summed E-state index contributed by atoms with van der Waals surface area (Å²) in [5.41, 5.74) is 1.63. The van der Waals surface area contributed by atoms with Crippen molar-refractivity contribution in [1.29, 1.82) is 0 Å². The number of fused-ring (bicyclic) bond motifs is 4. The van der Waals surface area contributed by atoms with Gasteiger partial charge in [-0.3, -0.25) is 4.79 Å². The van der Waals surface area contributed by atoms with Crippen molar-refractivity contribution in [2.75, 3.05) is 12.9 Å². The molecule has 37 heavy (non-hydrogen) atoms. The van der Waals surface area contributed by atoms with Gasteiger partial charge in [-0.25, -0.2) is 14.2 Å². The van der Waals surface area contributed by atoms with Crippen LogP contribution < -0.4 is 10.3 Å². The number of thioether (sulfide) groups is 1. The molecule has 2 aromatic carbocycles. The molecule has 10 heteroatoms. The van der Waals surface area contributed by atoms with E-state index in [0.717, 1.165) is 10.3 Å². The summed E-state index contributed by atoms with van der Waals surface area (Å²) in [6.45, 7) is 0.259. The molecule has 0 saturated carbocycles. The quantitative estimate of drug-likeness (QED) is 0.220. The lowest BCUT2D eigenvalue weighted by Crippen LogP contribution is -2.14. The van der Waals surface area contributed by atoms with E-state index in [0.29, 0.717) is 34.0 Å². The molecule has 0 saturated heterocycles. The Balaban J connectivity index is 1.66. The zero-order valence-electron chi connectivity index (χ0n) is 19.5. The Hall–Kier alpha value is -3.82. The topological polar surface area (TPSA) is 97.2 Å². The SMILES string of the molecule is CSc1ccc2cc(Cn3c(C(=O)O)c(-c4ccc[nH]c4=O)c4c5c(c(F)cc43)CCO5)c(Cl)nc2c1. The van der Waals surface area contributed by atoms with Gasteiger partial charge in [-0.1, -0.05) is 17.7 Å². The smallest absolute Gasteiger partial charge is 0.353 e. The molecule has 0 aliphatic carbocycles. The maximum atomic E-state index is 15.2. The van der Waals surface area contributed by atoms with Gasteiger partial charge in [-0.2, -0.15) is 0 Å². The fourth-order valence-corrected chi connectivity index (χ4v) is 5.61. The summed E-state index contributed by atoms with van der Waals surface area (Å²) >= 11 is 8.16. The molecule has 0 bridgehead atoms. The first-order valence-electron chi connectivity index (χ1n) is 11.4. The molecule has 2 N–H and O–H groups in total. The van der Waals surface area contributed by atoms with Crippen LogP contribution in [0, 0.1) is 5.82 Å². The Bertz CT molecular complexity index is 1810. The summed E-state index contributed by atoms with van der Waals surface area (Å²) in [5, 5.41) is 11.8. The van der Waals surface area contributed by atoms with Crippen molar-refractivity contribution >= 4 is 51.1 Å². The number of hydrogen-bond donors (Lipinski definition) is 2. The van der Waals surface area contributed by atoms with Crippen molar-refractivity contribution in [1.82, 2.24) is 14.5 Å². The van der Waals surface area contributed by atoms with Crippen LogP contribution in [0.15, 0.2) is 58.4 Å². The fraction of sp³-hybridized carbons (Fsp3) is 0.148. The molecule has 5 aromatic rings. The number of benzene rings is 2. The van der Waals surface area contributed by atoms with Gasteiger partial charge >= 0.3 is 5.97 Å². The van der Waals surface area contributed by atoms with Gasteiger partial charge in [0.1, 0.15) is 22.4 Å². The van der Waals surface area contributed by atoms with Crippen molar-refractivity contribution in [3.8, 4) is 16.9 Å². The number of carboxylic acids is 1. The second-order valence-electron chi connectivity index (χ2n) is 8.68. The Morgan fingerprint density at radius 3 is 2.89 bits per heavy atom. The van der Waals surface area contributed by atoms with Crippen LogP contribution >= 0.6 is 23.4 Å². The number of rotatable bonds is 5. The summed E-state index contributed by atoms with van der Waals surface area (Å²) in [6, 6.07) is 12.1. The van der Waals surface area contributed by atoms with E-state index in [9.17, 15) is 14.7 Å². The number of hydrogen-bond acceptors (Lipinski definition) is 5. The van der Waals surface area contributed by atoms with E-state index in [1.165, 1.54) is 16.8 Å². The first-order chi connectivity index (χ1) is 17.9. The summed E-state index contributed by atoms with van der Waals surface area (Å²) in [5.74, 6) is -1.49. The van der Waals surface area contributed by atoms with E-state index < -0.39 is 17.3 Å². The number of aromatic amines is 1. The molecular weight excluding hydrogens is 517 g/mol. The summed E-state index contributed by atoms with van der Waals surface area (Å²) < 4.78 is 22.4. The maximum Gasteiger partial charge on any atom is 0.353 e. The van der Waals surface area contributed by atoms with Gasteiger partial charge in [0.2, 0.25) is 0 Å². The number of ether oxygens (including phenoxy) is 1. The minimum atomic E-state index is -1.27. The van der Waals surface area contributed by atoms with E-state index in [1.807, 2.05) is 30.5 Å². The molecule has 0 unspecified atom stereocenters. The van der Waals surface area contributed by atoms with Crippen LogP contribution in [0.2, 0.25) is 5.15 Å². The highest BCUT2D eigenvalue weighted by Crippen LogP contribution is 2.45. The predicted octanol–water partition coefficient (Wildman–Crippen LogP) is 5.74. The number of aromatic carboxylic acids is 1. The largest absolute Gasteiger partial charge is 0.492 e. The van der Waals surface area contributed by atoms with Crippen LogP contribution in [0.25, 0.3) is 32.9 Å². The van der Waals surface area contributed by atoms with Crippen molar-refractivity contribution < 1.29 is 19.0 Å². The lowest BCUT2D eigenvalue weighted by atomic mass is 10.00.